The summed E-state index contributed by atoms with van der Waals surface area (Å²) in [5, 5.41) is 0. The van der Waals surface area contributed by atoms with Crippen molar-refractivity contribution >= 4 is 7.82 Å². The van der Waals surface area contributed by atoms with Crippen LogP contribution in [0.4, 0.5) is 0 Å². The average molecular weight is 705 g/mol. The standard InChI is InChI=1S/C40H82NO6P/c1-41(2,3)34-37-46-48(42,43)47-39-40-38-44-35-32-30-28-26-24-22-20-18-16-14-12-10-8-6-4-5-7-9-11-13-15-17-19-21-23-25-27-29-31-33-36-45-40/h40H,4-39H2,1-3H3/p+1/t40-/m1/s1. The number of quaternary nitrogens is 1. The van der Waals surface area contributed by atoms with Gasteiger partial charge in [-0.3, -0.25) is 9.05 Å². The molecule has 1 N–H and O–H groups in total. The van der Waals surface area contributed by atoms with Gasteiger partial charge in [-0.15, -0.1) is 0 Å². The van der Waals surface area contributed by atoms with Gasteiger partial charge in [0.25, 0.3) is 0 Å². The summed E-state index contributed by atoms with van der Waals surface area (Å²) in [5.74, 6) is 0. The first-order chi connectivity index (χ1) is 23.3. The summed E-state index contributed by atoms with van der Waals surface area (Å²) >= 11 is 0. The minimum Gasteiger partial charge on any atom is -0.379 e. The third-order valence-electron chi connectivity index (χ3n) is 9.78. The predicted octanol–water partition coefficient (Wildman–Crippen LogP) is 11.9. The zero-order chi connectivity index (χ0) is 34.9. The summed E-state index contributed by atoms with van der Waals surface area (Å²) < 4.78 is 35.7. The van der Waals surface area contributed by atoms with E-state index in [9.17, 15) is 9.46 Å². The maximum atomic E-state index is 12.5. The predicted molar refractivity (Wildman–Crippen MR) is 204 cm³/mol. The molecule has 2 atom stereocenters. The minimum atomic E-state index is -4.13. The number of phosphoric acid groups is 1. The largest absolute Gasteiger partial charge is 0.472 e. The van der Waals surface area contributed by atoms with E-state index in [1.54, 1.807) is 0 Å². The summed E-state index contributed by atoms with van der Waals surface area (Å²) in [4.78, 5) is 10.2. The summed E-state index contributed by atoms with van der Waals surface area (Å²) in [6.45, 7) is 2.47. The molecule has 0 amide bonds. The fraction of sp³-hybridized carbons (Fsp3) is 1.00. The molecule has 1 rings (SSSR count). The molecule has 288 valence electrons. The van der Waals surface area contributed by atoms with Crippen molar-refractivity contribution in [3.8, 4) is 0 Å². The van der Waals surface area contributed by atoms with E-state index in [1.165, 1.54) is 173 Å². The molecule has 0 aromatic carbocycles. The third kappa shape index (κ3) is 34.4. The molecular formula is C40H83NO6P+. The number of likely N-dealkylation sites (N-methyl/N-ethyl adjacent to an activating group) is 1. The Bertz CT molecular complexity index is 682. The number of rotatable bonds is 7. The van der Waals surface area contributed by atoms with E-state index in [0.29, 0.717) is 30.8 Å². The lowest BCUT2D eigenvalue weighted by Crippen LogP contribution is -2.37. The van der Waals surface area contributed by atoms with Crippen LogP contribution in [0.5, 0.6) is 0 Å². The molecule has 1 fully saturated rings. The van der Waals surface area contributed by atoms with Crippen LogP contribution in [0.1, 0.15) is 193 Å². The average Bonchev–Trinajstić information content (AvgIpc) is 3.03. The fourth-order valence-corrected chi connectivity index (χ4v) is 7.25. The van der Waals surface area contributed by atoms with Crippen molar-refractivity contribution in [1.29, 1.82) is 0 Å². The Kier molecular flexibility index (Phi) is 31.5. The van der Waals surface area contributed by atoms with E-state index in [0.717, 1.165) is 19.3 Å². The molecule has 7 nitrogen and oxygen atoms in total. The van der Waals surface area contributed by atoms with Gasteiger partial charge in [0, 0.05) is 13.2 Å². The topological polar surface area (TPSA) is 74.2 Å². The molecule has 8 heteroatoms. The van der Waals surface area contributed by atoms with Crippen molar-refractivity contribution in [3.05, 3.63) is 0 Å². The molecule has 1 aliphatic rings. The first-order valence-electron chi connectivity index (χ1n) is 20.9. The lowest BCUT2D eigenvalue weighted by Gasteiger charge is -2.24. The molecule has 0 aromatic heterocycles. The Labute approximate surface area is 299 Å². The maximum absolute atomic E-state index is 12.5. The lowest BCUT2D eigenvalue weighted by molar-refractivity contribution is -0.870. The van der Waals surface area contributed by atoms with Crippen molar-refractivity contribution in [1.82, 2.24) is 0 Å². The van der Waals surface area contributed by atoms with E-state index in [2.05, 4.69) is 0 Å². The van der Waals surface area contributed by atoms with Gasteiger partial charge in [-0.1, -0.05) is 180 Å². The highest BCUT2D eigenvalue weighted by Crippen LogP contribution is 2.43. The Morgan fingerprint density at radius 1 is 0.521 bits per heavy atom. The molecule has 0 radical (unpaired) electrons. The number of ether oxygens (including phenoxy) is 2. The first kappa shape index (κ1) is 46.0. The minimum absolute atomic E-state index is 0.00183. The zero-order valence-corrected chi connectivity index (χ0v) is 33.3. The van der Waals surface area contributed by atoms with Crippen LogP contribution in [-0.4, -0.2) is 76.2 Å². The Balaban J connectivity index is 2.35. The van der Waals surface area contributed by atoms with Gasteiger partial charge in [0.05, 0.1) is 34.4 Å². The molecule has 0 saturated carbocycles. The smallest absolute Gasteiger partial charge is 0.379 e. The Morgan fingerprint density at radius 3 is 1.17 bits per heavy atom. The van der Waals surface area contributed by atoms with E-state index in [-0.39, 0.29) is 19.3 Å². The van der Waals surface area contributed by atoms with Crippen molar-refractivity contribution in [2.75, 3.05) is 60.7 Å². The van der Waals surface area contributed by atoms with E-state index < -0.39 is 7.82 Å². The molecule has 48 heavy (non-hydrogen) atoms. The van der Waals surface area contributed by atoms with Gasteiger partial charge in [0.2, 0.25) is 0 Å². The summed E-state index contributed by atoms with van der Waals surface area (Å²) in [6, 6.07) is 0. The third-order valence-corrected chi connectivity index (χ3v) is 10.8. The molecule has 1 unspecified atom stereocenters. The van der Waals surface area contributed by atoms with Gasteiger partial charge in [-0.25, -0.2) is 4.57 Å². The van der Waals surface area contributed by atoms with Crippen molar-refractivity contribution < 1.29 is 32.5 Å². The summed E-state index contributed by atoms with van der Waals surface area (Å²) in [6.07, 6.45) is 40.4. The molecule has 1 saturated heterocycles. The van der Waals surface area contributed by atoms with Crippen LogP contribution < -0.4 is 0 Å². The highest BCUT2D eigenvalue weighted by Gasteiger charge is 2.25. The van der Waals surface area contributed by atoms with Gasteiger partial charge >= 0.3 is 7.82 Å². The zero-order valence-electron chi connectivity index (χ0n) is 32.4. The van der Waals surface area contributed by atoms with Crippen LogP contribution in [0.3, 0.4) is 0 Å². The van der Waals surface area contributed by atoms with Crippen LogP contribution in [-0.2, 0) is 23.1 Å². The number of nitrogens with zero attached hydrogens (tertiary/aromatic N) is 1. The van der Waals surface area contributed by atoms with Crippen molar-refractivity contribution in [2.24, 2.45) is 0 Å². The van der Waals surface area contributed by atoms with Crippen LogP contribution in [0.25, 0.3) is 0 Å². The van der Waals surface area contributed by atoms with Crippen LogP contribution in [0.2, 0.25) is 0 Å². The highest BCUT2D eigenvalue weighted by molar-refractivity contribution is 7.47. The first-order valence-corrected chi connectivity index (χ1v) is 22.4. The van der Waals surface area contributed by atoms with Crippen molar-refractivity contribution in [3.63, 3.8) is 0 Å². The Hall–Kier alpha value is -0.0100. The van der Waals surface area contributed by atoms with Crippen LogP contribution >= 0.6 is 7.82 Å². The van der Waals surface area contributed by atoms with Crippen LogP contribution in [0, 0.1) is 0 Å². The molecule has 1 heterocycles. The van der Waals surface area contributed by atoms with Gasteiger partial charge in [0.15, 0.2) is 0 Å². The number of hydrogen-bond donors (Lipinski definition) is 1. The van der Waals surface area contributed by atoms with Crippen molar-refractivity contribution in [2.45, 2.75) is 199 Å². The molecule has 0 aromatic rings. The SMILES string of the molecule is C[N+](C)(C)CCOP(=O)(O)OC[C@H]1COCCCCCCCCCCCCCCCCCCCCCCCCCCCCCCCCO1. The second-order valence-electron chi connectivity index (χ2n) is 15.8. The molecule has 0 spiro atoms. The van der Waals surface area contributed by atoms with Gasteiger partial charge in [-0.2, -0.15) is 0 Å². The van der Waals surface area contributed by atoms with Gasteiger partial charge in [0.1, 0.15) is 19.3 Å². The maximum Gasteiger partial charge on any atom is 0.472 e. The van der Waals surface area contributed by atoms with E-state index in [4.69, 9.17) is 18.5 Å². The van der Waals surface area contributed by atoms with Gasteiger partial charge in [-0.05, 0) is 12.8 Å². The molecular weight excluding hydrogens is 621 g/mol. The highest BCUT2D eigenvalue weighted by atomic mass is 31.2. The number of phosphoric ester groups is 1. The quantitative estimate of drug-likeness (QED) is 0.210. The van der Waals surface area contributed by atoms with E-state index in [1.807, 2.05) is 21.1 Å². The molecule has 1 aliphatic heterocycles. The fourth-order valence-electron chi connectivity index (χ4n) is 6.51. The molecule has 0 bridgehead atoms. The second kappa shape index (κ2) is 32.9. The second-order valence-corrected chi connectivity index (χ2v) is 17.2. The Morgan fingerprint density at radius 2 is 0.833 bits per heavy atom. The van der Waals surface area contributed by atoms with Gasteiger partial charge < -0.3 is 18.9 Å². The normalized spacial score (nSPS) is 24.3. The summed E-state index contributed by atoms with van der Waals surface area (Å²) in [7, 11) is 1.93. The van der Waals surface area contributed by atoms with E-state index >= 15 is 0 Å². The molecule has 0 aliphatic carbocycles. The number of hydrogen-bond acceptors (Lipinski definition) is 5. The lowest BCUT2D eigenvalue weighted by atomic mass is 10.0. The van der Waals surface area contributed by atoms with Crippen LogP contribution in [0.15, 0.2) is 0 Å². The monoisotopic (exact) mass is 705 g/mol. The summed E-state index contributed by atoms with van der Waals surface area (Å²) in [5.41, 5.74) is 0.